The summed E-state index contributed by atoms with van der Waals surface area (Å²) in [6.07, 6.45) is 1.34. The zero-order valence-electron chi connectivity index (χ0n) is 5.61. The zero-order chi connectivity index (χ0) is 8.10. The molecule has 0 fully saturated rings. The molecule has 0 radical (unpaired) electrons. The predicted molar refractivity (Wildman–Crippen MR) is 37.0 cm³/mol. The van der Waals surface area contributed by atoms with Crippen LogP contribution in [0.3, 0.4) is 0 Å². The Kier molecular flexibility index (Phi) is 2.41. The van der Waals surface area contributed by atoms with Crippen molar-refractivity contribution < 1.29 is 4.39 Å². The molecule has 0 saturated heterocycles. The van der Waals surface area contributed by atoms with Crippen LogP contribution in [0.5, 0.6) is 0 Å². The van der Waals surface area contributed by atoms with Crippen LogP contribution < -0.4 is 0 Å². The summed E-state index contributed by atoms with van der Waals surface area (Å²) >= 11 is 0. The van der Waals surface area contributed by atoms with Gasteiger partial charge in [-0.05, 0) is 17.2 Å². The quantitative estimate of drug-likeness (QED) is 0.277. The molecule has 0 amide bonds. The van der Waals surface area contributed by atoms with Crippen molar-refractivity contribution in [2.45, 2.75) is 6.54 Å². The highest BCUT2D eigenvalue weighted by molar-refractivity contribution is 5.08. The van der Waals surface area contributed by atoms with Gasteiger partial charge in [-0.2, -0.15) is 4.39 Å². The molecule has 56 valence electrons. The summed E-state index contributed by atoms with van der Waals surface area (Å²) in [5.41, 5.74) is 8.64. The number of hydrogen-bond donors (Lipinski definition) is 0. The number of aromatic nitrogens is 1. The highest BCUT2D eigenvalue weighted by Gasteiger charge is 1.91. The van der Waals surface area contributed by atoms with Crippen LogP contribution in [0.2, 0.25) is 0 Å². The lowest BCUT2D eigenvalue weighted by molar-refractivity contribution is 0.582. The van der Waals surface area contributed by atoms with Crippen molar-refractivity contribution in [3.05, 3.63) is 40.3 Å². The second kappa shape index (κ2) is 3.53. The van der Waals surface area contributed by atoms with Crippen molar-refractivity contribution in [1.82, 2.24) is 4.98 Å². The van der Waals surface area contributed by atoms with Gasteiger partial charge < -0.3 is 0 Å². The smallest absolute Gasteiger partial charge is 0.212 e. The summed E-state index contributed by atoms with van der Waals surface area (Å²) in [4.78, 5) is 5.94. The molecule has 0 saturated carbocycles. The highest BCUT2D eigenvalue weighted by atomic mass is 19.1. The molecule has 1 rings (SSSR count). The SMILES string of the molecule is [N-]=[N+]=NCc1ccc(F)nc1. The van der Waals surface area contributed by atoms with Gasteiger partial charge in [0.1, 0.15) is 0 Å². The summed E-state index contributed by atoms with van der Waals surface area (Å²) in [7, 11) is 0. The Hall–Kier alpha value is -1.61. The molecule has 0 N–H and O–H groups in total. The minimum atomic E-state index is -0.533. The number of halogens is 1. The fourth-order valence-electron chi connectivity index (χ4n) is 0.613. The van der Waals surface area contributed by atoms with Crippen LogP contribution in [-0.2, 0) is 6.54 Å². The van der Waals surface area contributed by atoms with E-state index in [-0.39, 0.29) is 6.54 Å². The van der Waals surface area contributed by atoms with Gasteiger partial charge in [0.25, 0.3) is 0 Å². The average molecular weight is 152 g/mol. The molecule has 4 nitrogen and oxygen atoms in total. The van der Waals surface area contributed by atoms with Gasteiger partial charge in [-0.15, -0.1) is 0 Å². The normalized spacial score (nSPS) is 8.82. The van der Waals surface area contributed by atoms with Crippen LogP contribution in [0, 0.1) is 5.95 Å². The Morgan fingerprint density at radius 3 is 3.00 bits per heavy atom. The summed E-state index contributed by atoms with van der Waals surface area (Å²) < 4.78 is 12.2. The van der Waals surface area contributed by atoms with E-state index in [4.69, 9.17) is 5.53 Å². The minimum Gasteiger partial charge on any atom is -0.228 e. The first-order valence-electron chi connectivity index (χ1n) is 2.94. The van der Waals surface area contributed by atoms with Crippen LogP contribution in [0.15, 0.2) is 23.4 Å². The van der Waals surface area contributed by atoms with E-state index in [1.807, 2.05) is 0 Å². The molecule has 1 aromatic heterocycles. The van der Waals surface area contributed by atoms with Crippen molar-refractivity contribution in [3.8, 4) is 0 Å². The number of rotatable bonds is 2. The number of pyridine rings is 1. The minimum absolute atomic E-state index is 0.212. The van der Waals surface area contributed by atoms with E-state index < -0.39 is 5.95 Å². The number of nitrogens with zero attached hydrogens (tertiary/aromatic N) is 4. The Morgan fingerprint density at radius 1 is 1.64 bits per heavy atom. The maximum absolute atomic E-state index is 12.2. The topological polar surface area (TPSA) is 61.7 Å². The second-order valence-electron chi connectivity index (χ2n) is 1.88. The molecule has 0 atom stereocenters. The third-order valence-corrected chi connectivity index (χ3v) is 1.11. The van der Waals surface area contributed by atoms with Crippen LogP contribution in [-0.4, -0.2) is 4.98 Å². The fourth-order valence-corrected chi connectivity index (χ4v) is 0.613. The molecule has 5 heteroatoms. The van der Waals surface area contributed by atoms with Gasteiger partial charge in [0.2, 0.25) is 5.95 Å². The van der Waals surface area contributed by atoms with Crippen molar-refractivity contribution >= 4 is 0 Å². The van der Waals surface area contributed by atoms with E-state index in [9.17, 15) is 4.39 Å². The third-order valence-electron chi connectivity index (χ3n) is 1.11. The fraction of sp³-hybridized carbons (Fsp3) is 0.167. The molecular weight excluding hydrogens is 147 g/mol. The number of hydrogen-bond acceptors (Lipinski definition) is 2. The van der Waals surface area contributed by atoms with Gasteiger partial charge >= 0.3 is 0 Å². The van der Waals surface area contributed by atoms with Crippen LogP contribution in [0.25, 0.3) is 10.4 Å². The Balaban J connectivity index is 2.73. The average Bonchev–Trinajstić information content (AvgIpc) is 2.04. The first-order chi connectivity index (χ1) is 5.33. The second-order valence-corrected chi connectivity index (χ2v) is 1.88. The van der Waals surface area contributed by atoms with Crippen molar-refractivity contribution in [3.63, 3.8) is 0 Å². The maximum atomic E-state index is 12.2. The van der Waals surface area contributed by atoms with E-state index >= 15 is 0 Å². The predicted octanol–water partition coefficient (Wildman–Crippen LogP) is 2.03. The van der Waals surface area contributed by atoms with Gasteiger partial charge in [0.15, 0.2) is 0 Å². The number of azide groups is 1. The molecule has 0 unspecified atom stereocenters. The van der Waals surface area contributed by atoms with Crippen LogP contribution >= 0.6 is 0 Å². The molecule has 0 bridgehead atoms. The van der Waals surface area contributed by atoms with E-state index in [1.165, 1.54) is 18.3 Å². The molecule has 1 heterocycles. The van der Waals surface area contributed by atoms with Crippen molar-refractivity contribution in [2.24, 2.45) is 5.11 Å². The lowest BCUT2D eigenvalue weighted by atomic mass is 10.3. The molecule has 0 aliphatic heterocycles. The van der Waals surface area contributed by atoms with Crippen LogP contribution in [0.4, 0.5) is 4.39 Å². The Bertz CT molecular complexity index is 275. The first kappa shape index (κ1) is 7.50. The largest absolute Gasteiger partial charge is 0.228 e. The summed E-state index contributed by atoms with van der Waals surface area (Å²) in [5, 5.41) is 3.29. The lowest BCUT2D eigenvalue weighted by Gasteiger charge is -1.91. The monoisotopic (exact) mass is 152 g/mol. The third kappa shape index (κ3) is 2.23. The van der Waals surface area contributed by atoms with Gasteiger partial charge in [-0.25, -0.2) is 4.98 Å². The van der Waals surface area contributed by atoms with Gasteiger partial charge in [0.05, 0.1) is 6.54 Å². The van der Waals surface area contributed by atoms with E-state index in [2.05, 4.69) is 15.0 Å². The van der Waals surface area contributed by atoms with Crippen molar-refractivity contribution in [2.75, 3.05) is 0 Å². The highest BCUT2D eigenvalue weighted by Crippen LogP contribution is 2.00. The molecule has 0 aliphatic carbocycles. The molecule has 0 aromatic carbocycles. The Labute approximate surface area is 62.3 Å². The summed E-state index contributed by atoms with van der Waals surface area (Å²) in [6.45, 7) is 0.212. The van der Waals surface area contributed by atoms with Crippen LogP contribution in [0.1, 0.15) is 5.56 Å². The zero-order valence-corrected chi connectivity index (χ0v) is 5.61. The van der Waals surface area contributed by atoms with Gasteiger partial charge in [-0.3, -0.25) is 0 Å². The molecule has 0 spiro atoms. The van der Waals surface area contributed by atoms with E-state index in [0.29, 0.717) is 5.56 Å². The molecular formula is C6H5FN4. The van der Waals surface area contributed by atoms with E-state index in [0.717, 1.165) is 0 Å². The summed E-state index contributed by atoms with van der Waals surface area (Å²) in [6, 6.07) is 2.75. The molecule has 0 aliphatic rings. The standard InChI is InChI=1S/C6H5FN4/c7-6-2-1-5(3-9-6)4-10-11-8/h1-3H,4H2. The van der Waals surface area contributed by atoms with Crippen molar-refractivity contribution in [1.29, 1.82) is 0 Å². The summed E-state index contributed by atoms with van der Waals surface area (Å²) in [5.74, 6) is -0.533. The lowest BCUT2D eigenvalue weighted by Crippen LogP contribution is -1.84. The molecule has 1 aromatic rings. The maximum Gasteiger partial charge on any atom is 0.212 e. The van der Waals surface area contributed by atoms with Gasteiger partial charge in [-0.1, -0.05) is 11.2 Å². The Morgan fingerprint density at radius 2 is 2.45 bits per heavy atom. The van der Waals surface area contributed by atoms with E-state index in [1.54, 1.807) is 0 Å². The van der Waals surface area contributed by atoms with Gasteiger partial charge in [0, 0.05) is 11.1 Å². The molecule has 11 heavy (non-hydrogen) atoms. The first-order valence-corrected chi connectivity index (χ1v) is 2.94.